The lowest BCUT2D eigenvalue weighted by atomic mass is 9.71. The zero-order valence-electron chi connectivity index (χ0n) is 24.1. The van der Waals surface area contributed by atoms with Crippen LogP contribution in [0.25, 0.3) is 0 Å². The highest BCUT2D eigenvalue weighted by Crippen LogP contribution is 2.47. The second kappa shape index (κ2) is 11.2. The third-order valence-electron chi connectivity index (χ3n) is 9.50. The molecule has 3 fully saturated rings. The number of rotatable bonds is 1. The number of esters is 1. The second-order valence-corrected chi connectivity index (χ2v) is 12.7. The number of hydrogen-bond donors (Lipinski definition) is 2. The molecule has 5 rings (SSSR count). The zero-order valence-corrected chi connectivity index (χ0v) is 24.1. The number of allylic oxidation sites excluding steroid dienone is 4. The van der Waals surface area contributed by atoms with E-state index in [1.165, 1.54) is 5.57 Å². The molecule has 0 amide bonds. The summed E-state index contributed by atoms with van der Waals surface area (Å²) in [5, 5.41) is 22.9. The molecule has 0 aromatic heterocycles. The van der Waals surface area contributed by atoms with Crippen molar-refractivity contribution in [2.75, 3.05) is 6.61 Å². The highest BCUT2D eigenvalue weighted by Gasteiger charge is 2.60. The van der Waals surface area contributed by atoms with Gasteiger partial charge >= 0.3 is 5.97 Å². The molecule has 10 unspecified atom stereocenters. The van der Waals surface area contributed by atoms with Crippen molar-refractivity contribution >= 4 is 5.97 Å². The van der Waals surface area contributed by atoms with Crippen molar-refractivity contribution in [1.29, 1.82) is 0 Å². The molecule has 0 radical (unpaired) electrons. The number of ether oxygens (including phenoxy) is 4. The number of hydrogen-bond acceptors (Lipinski definition) is 7. The lowest BCUT2D eigenvalue weighted by Crippen LogP contribution is -2.58. The molecular weight excluding hydrogens is 496 g/mol. The maximum atomic E-state index is 13.9. The fraction of sp³-hybridized carbons (Fsp3) is 0.719. The van der Waals surface area contributed by atoms with Gasteiger partial charge in [-0.15, -0.1) is 0 Å². The fourth-order valence-electron chi connectivity index (χ4n) is 7.23. The molecule has 10 atom stereocenters. The van der Waals surface area contributed by atoms with Crippen molar-refractivity contribution in [3.05, 3.63) is 47.1 Å². The van der Waals surface area contributed by atoms with E-state index < -0.39 is 41.6 Å². The summed E-state index contributed by atoms with van der Waals surface area (Å²) in [5.74, 6) is -1.52. The molecule has 7 heteroatoms. The maximum Gasteiger partial charge on any atom is 0.316 e. The molecule has 7 nitrogen and oxygen atoms in total. The number of carbonyl (C=O) groups is 1. The maximum absolute atomic E-state index is 13.9. The first kappa shape index (κ1) is 28.7. The zero-order chi connectivity index (χ0) is 27.9. The van der Waals surface area contributed by atoms with Crippen molar-refractivity contribution in [3.63, 3.8) is 0 Å². The van der Waals surface area contributed by atoms with Crippen LogP contribution in [-0.4, -0.2) is 64.7 Å². The minimum absolute atomic E-state index is 0.104. The Balaban J connectivity index is 1.51. The van der Waals surface area contributed by atoms with Gasteiger partial charge in [-0.1, -0.05) is 56.7 Å². The standard InChI is InChI=1S/C32H46O7/c1-6-27-21(4)12-13-31(39-27)17-25-16-24(38-31)11-10-20(3)14-19(2)8-7-9-23-18-36-29-28(33)22(5)15-26(30(34)37-25)32(23,29)35/h7-10,15,19,21,24-29,33,35H,6,11-14,16-18H2,1-5H3/b8-7-,20-10-,23-9?. The molecule has 1 spiro atoms. The van der Waals surface area contributed by atoms with Gasteiger partial charge in [-0.05, 0) is 62.5 Å². The Hall–Kier alpha value is -1.77. The number of carbonyl (C=O) groups excluding carboxylic acids is 1. The van der Waals surface area contributed by atoms with E-state index >= 15 is 0 Å². The van der Waals surface area contributed by atoms with Crippen LogP contribution in [0.1, 0.15) is 79.6 Å². The monoisotopic (exact) mass is 542 g/mol. The summed E-state index contributed by atoms with van der Waals surface area (Å²) in [4.78, 5) is 13.9. The first-order valence-corrected chi connectivity index (χ1v) is 14.8. The summed E-state index contributed by atoms with van der Waals surface area (Å²) in [6.07, 6.45) is 12.8. The Labute approximate surface area is 232 Å². The van der Waals surface area contributed by atoms with E-state index in [1.807, 2.05) is 12.2 Å². The molecule has 0 aromatic carbocycles. The van der Waals surface area contributed by atoms with Crippen molar-refractivity contribution < 1.29 is 34.0 Å². The van der Waals surface area contributed by atoms with E-state index in [-0.39, 0.29) is 18.8 Å². The lowest BCUT2D eigenvalue weighted by molar-refractivity contribution is -0.335. The molecule has 5 aliphatic rings. The van der Waals surface area contributed by atoms with Crippen LogP contribution in [0.5, 0.6) is 0 Å². The molecule has 216 valence electrons. The summed E-state index contributed by atoms with van der Waals surface area (Å²) in [6.45, 7) is 10.6. The molecule has 1 aliphatic carbocycles. The van der Waals surface area contributed by atoms with Gasteiger partial charge in [-0.2, -0.15) is 0 Å². The SMILES string of the molecule is CCC1OC2(CCC1C)CC1CC(C/C=C(/C)CC(C)/C=C\C=C3COC4C(O)C(C)=CC(C(=O)O1)C34O)O2. The number of aliphatic hydroxyl groups excluding tert-OH is 1. The predicted molar refractivity (Wildman–Crippen MR) is 148 cm³/mol. The Bertz CT molecular complexity index is 1060. The highest BCUT2D eigenvalue weighted by atomic mass is 16.7. The van der Waals surface area contributed by atoms with Crippen LogP contribution in [0.2, 0.25) is 0 Å². The van der Waals surface area contributed by atoms with Crippen LogP contribution in [0, 0.1) is 17.8 Å². The highest BCUT2D eigenvalue weighted by molar-refractivity contribution is 5.78. The summed E-state index contributed by atoms with van der Waals surface area (Å²) < 4.78 is 25.4. The van der Waals surface area contributed by atoms with Gasteiger partial charge in [-0.3, -0.25) is 4.79 Å². The van der Waals surface area contributed by atoms with Crippen LogP contribution < -0.4 is 0 Å². The van der Waals surface area contributed by atoms with E-state index in [4.69, 9.17) is 18.9 Å². The Morgan fingerprint density at radius 2 is 1.95 bits per heavy atom. The van der Waals surface area contributed by atoms with Crippen molar-refractivity contribution in [2.24, 2.45) is 17.8 Å². The smallest absolute Gasteiger partial charge is 0.316 e. The lowest BCUT2D eigenvalue weighted by Gasteiger charge is -2.50. The van der Waals surface area contributed by atoms with Gasteiger partial charge in [0.15, 0.2) is 5.79 Å². The average Bonchev–Trinajstić information content (AvgIpc) is 3.23. The quantitative estimate of drug-likeness (QED) is 0.359. The molecule has 0 saturated carbocycles. The van der Waals surface area contributed by atoms with Crippen LogP contribution in [0.3, 0.4) is 0 Å². The minimum atomic E-state index is -1.68. The summed E-state index contributed by atoms with van der Waals surface area (Å²) in [7, 11) is 0. The second-order valence-electron chi connectivity index (χ2n) is 12.7. The minimum Gasteiger partial charge on any atom is -0.462 e. The van der Waals surface area contributed by atoms with E-state index in [1.54, 1.807) is 13.0 Å². The molecule has 0 aromatic rings. The molecule has 3 saturated heterocycles. The first-order chi connectivity index (χ1) is 18.5. The topological polar surface area (TPSA) is 94.5 Å². The molecule has 4 heterocycles. The van der Waals surface area contributed by atoms with Gasteiger partial charge in [0.05, 0.1) is 18.8 Å². The van der Waals surface area contributed by atoms with E-state index in [9.17, 15) is 15.0 Å². The van der Waals surface area contributed by atoms with Crippen molar-refractivity contribution in [1.82, 2.24) is 0 Å². The molecule has 4 aliphatic heterocycles. The normalized spacial score (nSPS) is 47.4. The van der Waals surface area contributed by atoms with Crippen molar-refractivity contribution in [2.45, 2.75) is 121 Å². The summed E-state index contributed by atoms with van der Waals surface area (Å²) in [5.41, 5.74) is 0.788. The molecule has 2 bridgehead atoms. The van der Waals surface area contributed by atoms with Gasteiger partial charge in [0.2, 0.25) is 0 Å². The third kappa shape index (κ3) is 5.58. The van der Waals surface area contributed by atoms with E-state index in [0.29, 0.717) is 35.8 Å². The Morgan fingerprint density at radius 1 is 1.15 bits per heavy atom. The average molecular weight is 543 g/mol. The third-order valence-corrected chi connectivity index (χ3v) is 9.50. The van der Waals surface area contributed by atoms with E-state index in [0.717, 1.165) is 32.1 Å². The van der Waals surface area contributed by atoms with Crippen molar-refractivity contribution in [3.8, 4) is 0 Å². The molecular formula is C32H46O7. The summed E-state index contributed by atoms with van der Waals surface area (Å²) >= 11 is 0. The van der Waals surface area contributed by atoms with Crippen LogP contribution >= 0.6 is 0 Å². The van der Waals surface area contributed by atoms with Gasteiger partial charge in [0.25, 0.3) is 0 Å². The predicted octanol–water partition coefficient (Wildman–Crippen LogP) is 4.92. The van der Waals surface area contributed by atoms with E-state index in [2.05, 4.69) is 39.8 Å². The van der Waals surface area contributed by atoms with Gasteiger partial charge in [0, 0.05) is 19.3 Å². The van der Waals surface area contributed by atoms with Crippen LogP contribution in [0.15, 0.2) is 47.1 Å². The molecule has 2 N–H and O–H groups in total. The largest absolute Gasteiger partial charge is 0.462 e. The number of fused-ring (bicyclic) bond motifs is 2. The summed E-state index contributed by atoms with van der Waals surface area (Å²) in [6, 6.07) is 0. The van der Waals surface area contributed by atoms with Gasteiger partial charge in [-0.25, -0.2) is 0 Å². The van der Waals surface area contributed by atoms with Crippen LogP contribution in [-0.2, 0) is 23.7 Å². The van der Waals surface area contributed by atoms with Gasteiger partial charge < -0.3 is 29.2 Å². The molecule has 39 heavy (non-hydrogen) atoms. The Morgan fingerprint density at radius 3 is 2.72 bits per heavy atom. The van der Waals surface area contributed by atoms with Crippen LogP contribution in [0.4, 0.5) is 0 Å². The fourth-order valence-corrected chi connectivity index (χ4v) is 7.23. The number of aliphatic hydroxyl groups is 2. The first-order valence-electron chi connectivity index (χ1n) is 14.8. The Kier molecular flexibility index (Phi) is 8.29. The van der Waals surface area contributed by atoms with Gasteiger partial charge in [0.1, 0.15) is 29.8 Å².